The molecule has 2 aromatic carbocycles. The van der Waals surface area contributed by atoms with Gasteiger partial charge in [0.15, 0.2) is 0 Å². The summed E-state index contributed by atoms with van der Waals surface area (Å²) in [5, 5.41) is 12.8. The van der Waals surface area contributed by atoms with Crippen LogP contribution in [-0.2, 0) is 10.2 Å². The number of aromatic nitrogens is 4. The van der Waals surface area contributed by atoms with Crippen molar-refractivity contribution in [3.63, 3.8) is 0 Å². The van der Waals surface area contributed by atoms with Crippen molar-refractivity contribution in [1.82, 2.24) is 29.6 Å². The van der Waals surface area contributed by atoms with E-state index in [9.17, 15) is 9.59 Å². The maximum atomic E-state index is 13.1. The lowest BCUT2D eigenvalue weighted by Gasteiger charge is -2.42. The van der Waals surface area contributed by atoms with E-state index in [1.165, 1.54) is 4.63 Å². The van der Waals surface area contributed by atoms with Gasteiger partial charge in [-0.05, 0) is 93.8 Å². The minimum atomic E-state index is -0.341. The van der Waals surface area contributed by atoms with Crippen molar-refractivity contribution < 1.29 is 9.59 Å². The Kier molecular flexibility index (Phi) is 8.42. The number of benzene rings is 2. The number of nitrogens with one attached hydrogen (secondary N) is 1. The molecule has 2 aliphatic rings. The number of carbonyl (C=O) groups excluding carboxylic acids is 2. The van der Waals surface area contributed by atoms with Crippen LogP contribution in [0.25, 0.3) is 5.65 Å². The standard InChI is InChI=1S/C32H38ClN9O2/c1-39-17-12-26(13-18-39)40(2)30(44)22-3-9-25(10-4-22)36-31-37-29-27(11-16-35-42(29)38-31)41-19-14-32(15-20-41,21-28(34)43)23-5-7-24(33)8-6-23/h3-11,16,26H,12-15,17-21H2,1-2H3,(H2,34,43)(H,36,38). The van der Waals surface area contributed by atoms with Crippen LogP contribution in [0.15, 0.2) is 60.8 Å². The second kappa shape index (κ2) is 12.4. The summed E-state index contributed by atoms with van der Waals surface area (Å²) in [6.07, 6.45) is 5.48. The van der Waals surface area contributed by atoms with E-state index in [0.717, 1.165) is 55.7 Å². The summed E-state index contributed by atoms with van der Waals surface area (Å²) in [7, 11) is 4.01. The smallest absolute Gasteiger partial charge is 0.253 e. The van der Waals surface area contributed by atoms with Gasteiger partial charge >= 0.3 is 0 Å². The van der Waals surface area contributed by atoms with Gasteiger partial charge in [0.1, 0.15) is 0 Å². The molecule has 12 heteroatoms. The topological polar surface area (TPSA) is 125 Å². The van der Waals surface area contributed by atoms with Gasteiger partial charge in [0, 0.05) is 54.3 Å². The molecule has 4 heterocycles. The number of rotatable bonds is 8. The first-order valence-electron chi connectivity index (χ1n) is 15.0. The molecule has 2 aromatic heterocycles. The molecule has 0 saturated carbocycles. The SMILES string of the molecule is CN1CCC(N(C)C(=O)c2ccc(Nc3nc4c(N5CCC(CC(N)=O)(c6ccc(Cl)cc6)CC5)ccnn4n3)cc2)CC1. The van der Waals surface area contributed by atoms with E-state index in [0.29, 0.717) is 35.3 Å². The van der Waals surface area contributed by atoms with Gasteiger partial charge in [-0.15, -0.1) is 9.73 Å². The van der Waals surface area contributed by atoms with Crippen molar-refractivity contribution in [1.29, 1.82) is 0 Å². The molecule has 0 atom stereocenters. The number of carbonyl (C=O) groups is 2. The third-order valence-corrected chi connectivity index (χ3v) is 9.45. The molecule has 44 heavy (non-hydrogen) atoms. The molecule has 0 spiro atoms. The molecule has 2 amide bonds. The number of nitrogens with two attached hydrogens (primary N) is 1. The van der Waals surface area contributed by atoms with Gasteiger partial charge in [0.25, 0.3) is 5.91 Å². The number of amides is 2. The summed E-state index contributed by atoms with van der Waals surface area (Å²) in [6.45, 7) is 3.44. The Morgan fingerprint density at radius 1 is 1.02 bits per heavy atom. The third kappa shape index (κ3) is 6.20. The highest BCUT2D eigenvalue weighted by Gasteiger charge is 2.38. The molecule has 2 saturated heterocycles. The number of halogens is 1. The van der Waals surface area contributed by atoms with E-state index in [4.69, 9.17) is 22.3 Å². The zero-order valence-corrected chi connectivity index (χ0v) is 25.9. The Balaban J connectivity index is 1.14. The molecule has 2 aliphatic heterocycles. The van der Waals surface area contributed by atoms with Crippen molar-refractivity contribution in [2.24, 2.45) is 5.73 Å². The Hall–Kier alpha value is -4.22. The van der Waals surface area contributed by atoms with Crippen LogP contribution in [0, 0.1) is 0 Å². The third-order valence-electron chi connectivity index (χ3n) is 9.20. The second-order valence-corrected chi connectivity index (χ2v) is 12.5. The average molecular weight is 616 g/mol. The first-order chi connectivity index (χ1) is 21.2. The molecule has 0 aliphatic carbocycles. The number of likely N-dealkylation sites (tertiary alicyclic amines) is 1. The summed E-state index contributed by atoms with van der Waals surface area (Å²) in [4.78, 5) is 36.4. The van der Waals surface area contributed by atoms with Crippen LogP contribution < -0.4 is 16.0 Å². The number of hydrogen-bond donors (Lipinski definition) is 2. The van der Waals surface area contributed by atoms with Crippen molar-refractivity contribution >= 4 is 46.4 Å². The molecule has 230 valence electrons. The van der Waals surface area contributed by atoms with Crippen molar-refractivity contribution in [2.45, 2.75) is 43.6 Å². The molecule has 0 unspecified atom stereocenters. The lowest BCUT2D eigenvalue weighted by Crippen LogP contribution is -2.45. The lowest BCUT2D eigenvalue weighted by molar-refractivity contribution is -0.119. The summed E-state index contributed by atoms with van der Waals surface area (Å²) >= 11 is 6.13. The molecular weight excluding hydrogens is 578 g/mol. The molecule has 11 nitrogen and oxygen atoms in total. The van der Waals surface area contributed by atoms with Crippen LogP contribution in [0.4, 0.5) is 17.3 Å². The number of hydrogen-bond acceptors (Lipinski definition) is 8. The number of anilines is 3. The van der Waals surface area contributed by atoms with E-state index in [1.807, 2.05) is 66.5 Å². The van der Waals surface area contributed by atoms with Crippen LogP contribution in [0.1, 0.15) is 48.0 Å². The second-order valence-electron chi connectivity index (χ2n) is 12.0. The normalized spacial score (nSPS) is 17.5. The van der Waals surface area contributed by atoms with Crippen LogP contribution in [0.2, 0.25) is 5.02 Å². The fourth-order valence-corrected chi connectivity index (χ4v) is 6.67. The van der Waals surface area contributed by atoms with Crippen LogP contribution in [0.5, 0.6) is 0 Å². The summed E-state index contributed by atoms with van der Waals surface area (Å²) < 4.78 is 1.52. The number of nitrogens with zero attached hydrogens (tertiary/aromatic N) is 7. The van der Waals surface area contributed by atoms with Gasteiger partial charge in [-0.1, -0.05) is 23.7 Å². The fraction of sp³-hybridized carbons (Fsp3) is 0.406. The first-order valence-corrected chi connectivity index (χ1v) is 15.4. The average Bonchev–Trinajstić information content (AvgIpc) is 3.44. The number of fused-ring (bicyclic) bond motifs is 1. The van der Waals surface area contributed by atoms with Gasteiger partial charge < -0.3 is 25.8 Å². The Bertz CT molecular complexity index is 1620. The maximum Gasteiger partial charge on any atom is 0.253 e. The van der Waals surface area contributed by atoms with E-state index in [2.05, 4.69) is 32.4 Å². The van der Waals surface area contributed by atoms with E-state index in [1.54, 1.807) is 6.20 Å². The monoisotopic (exact) mass is 615 g/mol. The first kappa shape index (κ1) is 29.8. The quantitative estimate of drug-likeness (QED) is 0.304. The summed E-state index contributed by atoms with van der Waals surface area (Å²) in [5.41, 5.74) is 9.42. The lowest BCUT2D eigenvalue weighted by atomic mass is 9.70. The highest BCUT2D eigenvalue weighted by Crippen LogP contribution is 2.40. The fourth-order valence-electron chi connectivity index (χ4n) is 6.54. The highest BCUT2D eigenvalue weighted by molar-refractivity contribution is 6.30. The van der Waals surface area contributed by atoms with Gasteiger partial charge in [-0.3, -0.25) is 9.59 Å². The summed E-state index contributed by atoms with van der Waals surface area (Å²) in [6, 6.07) is 17.3. The summed E-state index contributed by atoms with van der Waals surface area (Å²) in [5.74, 6) is 0.131. The maximum absolute atomic E-state index is 13.1. The minimum absolute atomic E-state index is 0.0308. The van der Waals surface area contributed by atoms with Crippen LogP contribution in [-0.4, -0.2) is 87.7 Å². The largest absolute Gasteiger partial charge is 0.370 e. The van der Waals surface area contributed by atoms with Gasteiger partial charge in [-0.2, -0.15) is 10.1 Å². The van der Waals surface area contributed by atoms with Gasteiger partial charge in [-0.25, -0.2) is 0 Å². The van der Waals surface area contributed by atoms with Crippen LogP contribution in [0.3, 0.4) is 0 Å². The Labute approximate surface area is 262 Å². The van der Waals surface area contributed by atoms with E-state index >= 15 is 0 Å². The number of piperidine rings is 2. The van der Waals surface area contributed by atoms with Crippen molar-refractivity contribution in [2.75, 3.05) is 50.5 Å². The van der Waals surface area contributed by atoms with E-state index in [-0.39, 0.29) is 29.7 Å². The van der Waals surface area contributed by atoms with E-state index < -0.39 is 0 Å². The van der Waals surface area contributed by atoms with Gasteiger partial charge in [0.2, 0.25) is 17.5 Å². The zero-order valence-electron chi connectivity index (χ0n) is 25.1. The molecule has 6 rings (SSSR count). The Morgan fingerprint density at radius 3 is 2.36 bits per heavy atom. The molecular formula is C32H38ClN9O2. The van der Waals surface area contributed by atoms with Gasteiger partial charge in [0.05, 0.1) is 11.9 Å². The van der Waals surface area contributed by atoms with Crippen molar-refractivity contribution in [3.05, 3.63) is 76.9 Å². The molecule has 4 aromatic rings. The molecule has 2 fully saturated rings. The predicted molar refractivity (Wildman–Crippen MR) is 172 cm³/mol. The van der Waals surface area contributed by atoms with Crippen molar-refractivity contribution in [3.8, 4) is 0 Å². The Morgan fingerprint density at radius 2 is 1.70 bits per heavy atom. The molecule has 0 radical (unpaired) electrons. The molecule has 0 bridgehead atoms. The number of primary amides is 1. The van der Waals surface area contributed by atoms with Crippen LogP contribution >= 0.6 is 11.6 Å². The zero-order chi connectivity index (χ0) is 30.8. The predicted octanol–water partition coefficient (Wildman–Crippen LogP) is 4.10. The molecule has 3 N–H and O–H groups in total. The minimum Gasteiger partial charge on any atom is -0.370 e. The highest BCUT2D eigenvalue weighted by atomic mass is 35.5.